The van der Waals surface area contributed by atoms with Crippen LogP contribution in [0.25, 0.3) is 0 Å². The van der Waals surface area contributed by atoms with Crippen molar-refractivity contribution in [1.82, 2.24) is 10.6 Å². The maximum atomic E-state index is 12.3. The molecule has 0 saturated heterocycles. The van der Waals surface area contributed by atoms with E-state index in [9.17, 15) is 9.59 Å². The Bertz CT molecular complexity index is 762. The zero-order valence-electron chi connectivity index (χ0n) is 15.6. The van der Waals surface area contributed by atoms with Gasteiger partial charge in [0.25, 0.3) is 5.91 Å². The fraction of sp³-hybridized carbons (Fsp3) is 0.333. The van der Waals surface area contributed by atoms with Crippen LogP contribution >= 0.6 is 11.6 Å². The first-order valence-corrected chi connectivity index (χ1v) is 8.98. The summed E-state index contributed by atoms with van der Waals surface area (Å²) in [5, 5.41) is 6.19. The molecule has 4 nitrogen and oxygen atoms in total. The van der Waals surface area contributed by atoms with Gasteiger partial charge in [-0.15, -0.1) is 0 Å². The Morgan fingerprint density at radius 2 is 1.58 bits per heavy atom. The normalized spacial score (nSPS) is 12.3. The summed E-state index contributed by atoms with van der Waals surface area (Å²) in [6, 6.07) is 14.1. The third kappa shape index (κ3) is 5.60. The predicted octanol–water partition coefficient (Wildman–Crippen LogP) is 4.07. The predicted molar refractivity (Wildman–Crippen MR) is 105 cm³/mol. The maximum absolute atomic E-state index is 12.3. The van der Waals surface area contributed by atoms with Crippen molar-refractivity contribution in [3.8, 4) is 0 Å². The highest BCUT2D eigenvalue weighted by atomic mass is 35.5. The minimum Gasteiger partial charge on any atom is -0.350 e. The molecular formula is C21H25ClN2O2. The molecule has 26 heavy (non-hydrogen) atoms. The smallest absolute Gasteiger partial charge is 0.251 e. The summed E-state index contributed by atoms with van der Waals surface area (Å²) in [7, 11) is 0. The fourth-order valence-corrected chi connectivity index (χ4v) is 2.54. The molecule has 0 aromatic heterocycles. The van der Waals surface area contributed by atoms with Gasteiger partial charge in [0.2, 0.25) is 5.91 Å². The van der Waals surface area contributed by atoms with Crippen LogP contribution in [0, 0.1) is 0 Å². The van der Waals surface area contributed by atoms with Crippen LogP contribution in [-0.4, -0.2) is 17.9 Å². The van der Waals surface area contributed by atoms with Crippen LogP contribution in [0.2, 0.25) is 5.02 Å². The molecule has 2 N–H and O–H groups in total. The summed E-state index contributed by atoms with van der Waals surface area (Å²) in [6.07, 6.45) is 0. The van der Waals surface area contributed by atoms with Gasteiger partial charge in [0.05, 0.1) is 0 Å². The van der Waals surface area contributed by atoms with Crippen LogP contribution in [0.5, 0.6) is 0 Å². The summed E-state index contributed by atoms with van der Waals surface area (Å²) in [5.41, 5.74) is 2.67. The van der Waals surface area contributed by atoms with Crippen molar-refractivity contribution in [3.63, 3.8) is 0 Å². The topological polar surface area (TPSA) is 58.2 Å². The number of halogens is 1. The molecule has 0 fully saturated rings. The van der Waals surface area contributed by atoms with Gasteiger partial charge in [-0.3, -0.25) is 9.59 Å². The molecule has 0 aliphatic rings. The standard InChI is InChI=1S/C21H25ClN2O2/c1-14(19(25)23-13-15-5-11-18(22)12-6-15)24-20(26)16-7-9-17(10-8-16)21(2,3)4/h5-12,14H,13H2,1-4H3,(H,23,25)(H,24,26). The lowest BCUT2D eigenvalue weighted by molar-refractivity contribution is -0.122. The van der Waals surface area contributed by atoms with Gasteiger partial charge in [-0.25, -0.2) is 0 Å². The molecule has 2 aromatic carbocycles. The SMILES string of the molecule is CC(NC(=O)c1ccc(C(C)(C)C)cc1)C(=O)NCc1ccc(Cl)cc1. The molecule has 0 spiro atoms. The molecule has 0 radical (unpaired) electrons. The van der Waals surface area contributed by atoms with Crippen molar-refractivity contribution in [2.24, 2.45) is 0 Å². The van der Waals surface area contributed by atoms with Crippen molar-refractivity contribution in [2.75, 3.05) is 0 Å². The lowest BCUT2D eigenvalue weighted by Gasteiger charge is -2.19. The van der Waals surface area contributed by atoms with E-state index >= 15 is 0 Å². The van der Waals surface area contributed by atoms with Crippen LogP contribution < -0.4 is 10.6 Å². The minimum absolute atomic E-state index is 0.0316. The molecule has 138 valence electrons. The molecule has 1 atom stereocenters. The molecule has 2 amide bonds. The molecule has 2 aromatic rings. The number of amides is 2. The fourth-order valence-electron chi connectivity index (χ4n) is 2.41. The number of benzene rings is 2. The van der Waals surface area contributed by atoms with Crippen LogP contribution in [0.4, 0.5) is 0 Å². The van der Waals surface area contributed by atoms with E-state index in [4.69, 9.17) is 11.6 Å². The van der Waals surface area contributed by atoms with Gasteiger partial charge in [0.15, 0.2) is 0 Å². The largest absolute Gasteiger partial charge is 0.350 e. The lowest BCUT2D eigenvalue weighted by Crippen LogP contribution is -2.44. The highest BCUT2D eigenvalue weighted by molar-refractivity contribution is 6.30. The Hall–Kier alpha value is -2.33. The van der Waals surface area contributed by atoms with E-state index in [1.165, 1.54) is 0 Å². The lowest BCUT2D eigenvalue weighted by atomic mass is 9.86. The number of rotatable bonds is 5. The van der Waals surface area contributed by atoms with E-state index in [2.05, 4.69) is 31.4 Å². The quantitative estimate of drug-likeness (QED) is 0.831. The summed E-state index contributed by atoms with van der Waals surface area (Å²) < 4.78 is 0. The molecular weight excluding hydrogens is 348 g/mol. The van der Waals surface area contributed by atoms with E-state index < -0.39 is 6.04 Å². The second kappa shape index (κ2) is 8.37. The van der Waals surface area contributed by atoms with E-state index in [1.807, 2.05) is 24.3 Å². The first-order valence-electron chi connectivity index (χ1n) is 8.60. The third-order valence-electron chi connectivity index (χ3n) is 4.13. The Labute approximate surface area is 159 Å². The zero-order valence-corrected chi connectivity index (χ0v) is 16.4. The van der Waals surface area contributed by atoms with E-state index in [0.717, 1.165) is 11.1 Å². The number of hydrogen-bond donors (Lipinski definition) is 2. The highest BCUT2D eigenvalue weighted by Crippen LogP contribution is 2.22. The molecule has 0 saturated carbocycles. The van der Waals surface area contributed by atoms with Gasteiger partial charge < -0.3 is 10.6 Å². The Balaban J connectivity index is 1.89. The molecule has 0 aliphatic carbocycles. The van der Waals surface area contributed by atoms with Crippen molar-refractivity contribution < 1.29 is 9.59 Å². The highest BCUT2D eigenvalue weighted by Gasteiger charge is 2.18. The van der Waals surface area contributed by atoms with Crippen molar-refractivity contribution in [3.05, 3.63) is 70.2 Å². The summed E-state index contributed by atoms with van der Waals surface area (Å²) >= 11 is 5.84. The molecule has 2 rings (SSSR count). The van der Waals surface area contributed by atoms with Gasteiger partial charge >= 0.3 is 0 Å². The average Bonchev–Trinajstić information content (AvgIpc) is 2.60. The number of nitrogens with one attached hydrogen (secondary N) is 2. The van der Waals surface area contributed by atoms with Crippen molar-refractivity contribution >= 4 is 23.4 Å². The molecule has 0 bridgehead atoms. The van der Waals surface area contributed by atoms with Gasteiger partial charge in [0.1, 0.15) is 6.04 Å². The van der Waals surface area contributed by atoms with Gasteiger partial charge in [-0.05, 0) is 47.7 Å². The van der Waals surface area contributed by atoms with Gasteiger partial charge in [0, 0.05) is 17.1 Å². The Kier molecular flexibility index (Phi) is 6.43. The Morgan fingerprint density at radius 1 is 1.00 bits per heavy atom. The van der Waals surface area contributed by atoms with Gasteiger partial charge in [-0.1, -0.05) is 56.6 Å². The first-order chi connectivity index (χ1) is 12.2. The maximum Gasteiger partial charge on any atom is 0.251 e. The van der Waals surface area contributed by atoms with Crippen LogP contribution in [-0.2, 0) is 16.8 Å². The molecule has 0 aliphatic heterocycles. The molecule has 0 heterocycles. The molecule has 5 heteroatoms. The second-order valence-electron chi connectivity index (χ2n) is 7.37. The van der Waals surface area contributed by atoms with Crippen molar-refractivity contribution in [2.45, 2.75) is 45.7 Å². The van der Waals surface area contributed by atoms with Gasteiger partial charge in [-0.2, -0.15) is 0 Å². The monoisotopic (exact) mass is 372 g/mol. The van der Waals surface area contributed by atoms with Crippen molar-refractivity contribution in [1.29, 1.82) is 0 Å². The summed E-state index contributed by atoms with van der Waals surface area (Å²) in [4.78, 5) is 24.5. The Morgan fingerprint density at radius 3 is 2.12 bits per heavy atom. The number of carbonyl (C=O) groups excluding carboxylic acids is 2. The van der Waals surface area contributed by atoms with Crippen LogP contribution in [0.1, 0.15) is 49.2 Å². The summed E-state index contributed by atoms with van der Waals surface area (Å²) in [5.74, 6) is -0.501. The van der Waals surface area contributed by atoms with E-state index in [-0.39, 0.29) is 17.2 Å². The van der Waals surface area contributed by atoms with Crippen LogP contribution in [0.15, 0.2) is 48.5 Å². The van der Waals surface area contributed by atoms with E-state index in [0.29, 0.717) is 17.1 Å². The second-order valence-corrected chi connectivity index (χ2v) is 7.80. The number of carbonyl (C=O) groups is 2. The minimum atomic E-state index is -0.628. The third-order valence-corrected chi connectivity index (χ3v) is 4.39. The average molecular weight is 373 g/mol. The first kappa shape index (κ1) is 20.0. The van der Waals surface area contributed by atoms with Crippen LogP contribution in [0.3, 0.4) is 0 Å². The van der Waals surface area contributed by atoms with E-state index in [1.54, 1.807) is 31.2 Å². The summed E-state index contributed by atoms with van der Waals surface area (Å²) in [6.45, 7) is 8.41. The molecule has 1 unspecified atom stereocenters. The number of hydrogen-bond acceptors (Lipinski definition) is 2. The zero-order chi connectivity index (χ0) is 19.3.